The lowest BCUT2D eigenvalue weighted by molar-refractivity contribution is -0.130. The third-order valence-corrected chi connectivity index (χ3v) is 8.16. The molecule has 23 heavy (non-hydrogen) atoms. The predicted octanol–water partition coefficient (Wildman–Crippen LogP) is 1.82. The average Bonchev–Trinajstić information content (AvgIpc) is 3.25. The van der Waals surface area contributed by atoms with Crippen molar-refractivity contribution in [2.45, 2.75) is 75.6 Å². The van der Waals surface area contributed by atoms with Crippen LogP contribution in [0.2, 0.25) is 0 Å². The first-order valence-electron chi connectivity index (χ1n) is 9.28. The van der Waals surface area contributed by atoms with E-state index in [1.54, 1.807) is 0 Å². The second-order valence-electron chi connectivity index (χ2n) is 7.35. The normalized spacial score (nSPS) is 30.4. The molecular weight excluding hydrogens is 312 g/mol. The molecule has 1 saturated carbocycles. The van der Waals surface area contributed by atoms with Gasteiger partial charge in [-0.05, 0) is 51.6 Å². The van der Waals surface area contributed by atoms with Crippen LogP contribution in [0.4, 0.5) is 0 Å². The van der Waals surface area contributed by atoms with Crippen molar-refractivity contribution in [3.63, 3.8) is 0 Å². The Bertz CT molecular complexity index is 528. The van der Waals surface area contributed by atoms with Crippen LogP contribution in [0.1, 0.15) is 58.3 Å². The van der Waals surface area contributed by atoms with Gasteiger partial charge in [0.2, 0.25) is 5.91 Å². The molecule has 3 aliphatic rings. The van der Waals surface area contributed by atoms with Gasteiger partial charge in [0, 0.05) is 18.6 Å². The number of rotatable bonds is 5. The van der Waals surface area contributed by atoms with Gasteiger partial charge < -0.3 is 4.90 Å². The largest absolute Gasteiger partial charge is 0.337 e. The van der Waals surface area contributed by atoms with Crippen LogP contribution in [0.5, 0.6) is 0 Å². The van der Waals surface area contributed by atoms with Crippen LogP contribution in [0, 0.1) is 0 Å². The van der Waals surface area contributed by atoms with Crippen molar-refractivity contribution in [2.75, 3.05) is 25.4 Å². The monoisotopic (exact) mass is 342 g/mol. The highest BCUT2D eigenvalue weighted by Gasteiger charge is 2.41. The van der Waals surface area contributed by atoms with Crippen molar-refractivity contribution in [3.8, 4) is 0 Å². The molecule has 3 fully saturated rings. The van der Waals surface area contributed by atoms with Crippen molar-refractivity contribution >= 4 is 15.7 Å². The average molecular weight is 343 g/mol. The number of likely N-dealkylation sites (tertiary alicyclic amines) is 2. The molecule has 0 aromatic carbocycles. The van der Waals surface area contributed by atoms with Crippen LogP contribution in [-0.4, -0.2) is 66.8 Å². The van der Waals surface area contributed by atoms with Crippen LogP contribution in [0.3, 0.4) is 0 Å². The van der Waals surface area contributed by atoms with E-state index in [1.807, 2.05) is 4.90 Å². The molecule has 0 radical (unpaired) electrons. The summed E-state index contributed by atoms with van der Waals surface area (Å²) in [6.07, 6.45) is 7.81. The van der Waals surface area contributed by atoms with E-state index >= 15 is 0 Å². The van der Waals surface area contributed by atoms with Gasteiger partial charge >= 0.3 is 0 Å². The lowest BCUT2D eigenvalue weighted by Crippen LogP contribution is -2.50. The minimum absolute atomic E-state index is 0.151. The molecule has 5 nitrogen and oxygen atoms in total. The Labute approximate surface area is 140 Å². The summed E-state index contributed by atoms with van der Waals surface area (Å²) >= 11 is 0. The zero-order valence-corrected chi connectivity index (χ0v) is 15.1. The summed E-state index contributed by atoms with van der Waals surface area (Å²) in [6, 6.07) is 0.657. The lowest BCUT2D eigenvalue weighted by atomic mass is 10.0. The zero-order chi connectivity index (χ0) is 16.4. The van der Waals surface area contributed by atoms with Crippen molar-refractivity contribution < 1.29 is 13.2 Å². The van der Waals surface area contributed by atoms with E-state index in [1.165, 1.54) is 6.42 Å². The summed E-state index contributed by atoms with van der Waals surface area (Å²) in [5, 5.41) is -0.272. The Kier molecular flexibility index (Phi) is 5.31. The van der Waals surface area contributed by atoms with E-state index in [0.717, 1.165) is 64.6 Å². The van der Waals surface area contributed by atoms with Crippen molar-refractivity contribution in [3.05, 3.63) is 0 Å². The molecule has 2 aliphatic heterocycles. The number of amides is 1. The SMILES string of the molecule is CCN1CCC[C@@H]1[C@H]1CCCN1C(=O)CS(=O)(=O)C1CCCC1. The number of likely N-dealkylation sites (N-methyl/N-ethyl adjacent to an activating group) is 1. The minimum atomic E-state index is -3.27. The first-order valence-corrected chi connectivity index (χ1v) is 11.0. The van der Waals surface area contributed by atoms with E-state index in [-0.39, 0.29) is 23.0 Å². The van der Waals surface area contributed by atoms with E-state index in [2.05, 4.69) is 11.8 Å². The van der Waals surface area contributed by atoms with Crippen LogP contribution in [0.25, 0.3) is 0 Å². The molecule has 0 spiro atoms. The third kappa shape index (κ3) is 3.58. The highest BCUT2D eigenvalue weighted by molar-refractivity contribution is 7.92. The van der Waals surface area contributed by atoms with Crippen molar-refractivity contribution in [1.82, 2.24) is 9.80 Å². The second kappa shape index (κ2) is 7.09. The number of carbonyl (C=O) groups excluding carboxylic acids is 1. The molecule has 0 bridgehead atoms. The molecular formula is C17H30N2O3S. The van der Waals surface area contributed by atoms with Gasteiger partial charge in [-0.25, -0.2) is 8.42 Å². The van der Waals surface area contributed by atoms with Crippen molar-refractivity contribution in [1.29, 1.82) is 0 Å². The van der Waals surface area contributed by atoms with Gasteiger partial charge in [-0.3, -0.25) is 9.69 Å². The number of sulfone groups is 1. The Hall–Kier alpha value is -0.620. The summed E-state index contributed by atoms with van der Waals surface area (Å²) in [7, 11) is -3.27. The Morgan fingerprint density at radius 2 is 1.61 bits per heavy atom. The number of carbonyl (C=O) groups is 1. The van der Waals surface area contributed by atoms with Crippen molar-refractivity contribution in [2.24, 2.45) is 0 Å². The van der Waals surface area contributed by atoms with Crippen LogP contribution < -0.4 is 0 Å². The smallest absolute Gasteiger partial charge is 0.238 e. The Morgan fingerprint density at radius 1 is 0.957 bits per heavy atom. The van der Waals surface area contributed by atoms with Gasteiger partial charge in [0.1, 0.15) is 5.75 Å². The van der Waals surface area contributed by atoms with E-state index in [0.29, 0.717) is 6.04 Å². The van der Waals surface area contributed by atoms with Crippen LogP contribution in [0.15, 0.2) is 0 Å². The number of hydrogen-bond acceptors (Lipinski definition) is 4. The summed E-state index contributed by atoms with van der Waals surface area (Å²) < 4.78 is 25.0. The topological polar surface area (TPSA) is 57.7 Å². The Balaban J connectivity index is 1.66. The fourth-order valence-electron chi connectivity index (χ4n) is 4.80. The molecule has 0 aromatic rings. The number of nitrogens with zero attached hydrogens (tertiary/aromatic N) is 2. The van der Waals surface area contributed by atoms with Gasteiger partial charge in [-0.2, -0.15) is 0 Å². The molecule has 2 atom stereocenters. The van der Waals surface area contributed by atoms with Gasteiger partial charge in [0.25, 0.3) is 0 Å². The molecule has 2 saturated heterocycles. The zero-order valence-electron chi connectivity index (χ0n) is 14.2. The Morgan fingerprint density at radius 3 is 2.30 bits per heavy atom. The second-order valence-corrected chi connectivity index (χ2v) is 9.63. The highest BCUT2D eigenvalue weighted by Crippen LogP contribution is 2.31. The van der Waals surface area contributed by atoms with E-state index < -0.39 is 9.84 Å². The minimum Gasteiger partial charge on any atom is -0.337 e. The molecule has 2 heterocycles. The predicted molar refractivity (Wildman–Crippen MR) is 91.0 cm³/mol. The molecule has 132 valence electrons. The first kappa shape index (κ1) is 17.2. The molecule has 0 N–H and O–H groups in total. The van der Waals surface area contributed by atoms with E-state index in [4.69, 9.17) is 0 Å². The third-order valence-electron chi connectivity index (χ3n) is 6.02. The maximum atomic E-state index is 12.7. The molecule has 0 aromatic heterocycles. The maximum absolute atomic E-state index is 12.7. The summed E-state index contributed by atoms with van der Waals surface area (Å²) in [6.45, 7) is 5.03. The van der Waals surface area contributed by atoms with E-state index in [9.17, 15) is 13.2 Å². The lowest BCUT2D eigenvalue weighted by Gasteiger charge is -2.34. The molecule has 0 unspecified atom stereocenters. The van der Waals surface area contributed by atoms with Crippen LogP contribution in [-0.2, 0) is 14.6 Å². The first-order chi connectivity index (χ1) is 11.0. The van der Waals surface area contributed by atoms with Crippen LogP contribution >= 0.6 is 0 Å². The molecule has 1 aliphatic carbocycles. The standard InChI is InChI=1S/C17H30N2O3S/c1-2-18-11-5-9-15(18)16-10-6-12-19(16)17(20)13-23(21,22)14-7-3-4-8-14/h14-16H,2-13H2,1H3/t15-,16-/m1/s1. The summed E-state index contributed by atoms with van der Waals surface area (Å²) in [4.78, 5) is 17.1. The quantitative estimate of drug-likeness (QED) is 0.765. The highest BCUT2D eigenvalue weighted by atomic mass is 32.2. The van der Waals surface area contributed by atoms with Gasteiger partial charge in [-0.1, -0.05) is 19.8 Å². The van der Waals surface area contributed by atoms with Gasteiger partial charge in [0.15, 0.2) is 9.84 Å². The number of hydrogen-bond donors (Lipinski definition) is 0. The van der Waals surface area contributed by atoms with Gasteiger partial charge in [0.05, 0.1) is 5.25 Å². The fraction of sp³-hybridized carbons (Fsp3) is 0.941. The summed E-state index contributed by atoms with van der Waals surface area (Å²) in [5.74, 6) is -0.421. The molecule has 6 heteroatoms. The summed E-state index contributed by atoms with van der Waals surface area (Å²) in [5.41, 5.74) is 0. The fourth-order valence-corrected chi connectivity index (χ4v) is 6.60. The maximum Gasteiger partial charge on any atom is 0.238 e. The van der Waals surface area contributed by atoms with Gasteiger partial charge in [-0.15, -0.1) is 0 Å². The molecule has 3 rings (SSSR count). The molecule has 1 amide bonds.